The van der Waals surface area contributed by atoms with Crippen molar-refractivity contribution in [2.75, 3.05) is 13.1 Å². The SMILES string of the molecule is CC(C)C(Cc1ccc(F)cc1)NC(=O)c1ccn(C2CCCNC2)n1.Cl. The van der Waals surface area contributed by atoms with Gasteiger partial charge in [-0.1, -0.05) is 26.0 Å². The van der Waals surface area contributed by atoms with E-state index in [0.717, 1.165) is 31.5 Å². The average Bonchev–Trinajstić information content (AvgIpc) is 3.14. The first kappa shape index (κ1) is 21.4. The molecule has 2 aromatic rings. The fraction of sp³-hybridized carbons (Fsp3) is 0.500. The van der Waals surface area contributed by atoms with Gasteiger partial charge in [-0.2, -0.15) is 5.10 Å². The van der Waals surface area contributed by atoms with Crippen molar-refractivity contribution >= 4 is 18.3 Å². The van der Waals surface area contributed by atoms with E-state index >= 15 is 0 Å². The van der Waals surface area contributed by atoms with Crippen LogP contribution >= 0.6 is 12.4 Å². The molecular formula is C20H28ClFN4O. The van der Waals surface area contributed by atoms with Gasteiger partial charge in [0, 0.05) is 18.8 Å². The summed E-state index contributed by atoms with van der Waals surface area (Å²) >= 11 is 0. The lowest BCUT2D eigenvalue weighted by Gasteiger charge is -2.23. The van der Waals surface area contributed by atoms with E-state index in [1.54, 1.807) is 18.2 Å². The number of piperidine rings is 1. The van der Waals surface area contributed by atoms with E-state index in [-0.39, 0.29) is 36.1 Å². The third-order valence-corrected chi connectivity index (χ3v) is 4.98. The molecule has 0 spiro atoms. The molecule has 0 radical (unpaired) electrons. The summed E-state index contributed by atoms with van der Waals surface area (Å²) in [5.74, 6) is -0.149. The van der Waals surface area contributed by atoms with Gasteiger partial charge in [0.2, 0.25) is 0 Å². The molecule has 1 aromatic carbocycles. The Kier molecular flexibility index (Phi) is 7.80. The van der Waals surface area contributed by atoms with Crippen LogP contribution in [0.1, 0.15) is 48.8 Å². The molecule has 5 nitrogen and oxygen atoms in total. The topological polar surface area (TPSA) is 59.0 Å². The van der Waals surface area contributed by atoms with Gasteiger partial charge in [-0.25, -0.2) is 4.39 Å². The molecule has 1 amide bonds. The number of carbonyl (C=O) groups excluding carboxylic acids is 1. The molecule has 2 N–H and O–H groups in total. The molecule has 1 aliphatic rings. The minimum absolute atomic E-state index is 0. The summed E-state index contributed by atoms with van der Waals surface area (Å²) in [5.41, 5.74) is 1.45. The van der Waals surface area contributed by atoms with Crippen LogP contribution in [0.4, 0.5) is 4.39 Å². The van der Waals surface area contributed by atoms with E-state index < -0.39 is 0 Å². The van der Waals surface area contributed by atoms with Crippen molar-refractivity contribution in [1.82, 2.24) is 20.4 Å². The molecule has 1 fully saturated rings. The molecule has 27 heavy (non-hydrogen) atoms. The van der Waals surface area contributed by atoms with Crippen molar-refractivity contribution in [3.63, 3.8) is 0 Å². The molecule has 1 aromatic heterocycles. The number of benzene rings is 1. The minimum Gasteiger partial charge on any atom is -0.347 e. The fourth-order valence-corrected chi connectivity index (χ4v) is 3.29. The predicted octanol–water partition coefficient (Wildman–Crippen LogP) is 3.37. The quantitative estimate of drug-likeness (QED) is 0.789. The standard InChI is InChI=1S/C20H27FN4O.ClH/c1-14(2)19(12-15-5-7-16(21)8-6-15)23-20(26)18-9-11-25(24-18)17-4-3-10-22-13-17;/h5-9,11,14,17,19,22H,3-4,10,12-13H2,1-2H3,(H,23,26);1H. The highest BCUT2D eigenvalue weighted by molar-refractivity contribution is 5.92. The summed E-state index contributed by atoms with van der Waals surface area (Å²) in [6.07, 6.45) is 4.75. The number of hydrogen-bond donors (Lipinski definition) is 2. The largest absolute Gasteiger partial charge is 0.347 e. The first-order chi connectivity index (χ1) is 12.5. The van der Waals surface area contributed by atoms with Crippen molar-refractivity contribution in [2.24, 2.45) is 5.92 Å². The smallest absolute Gasteiger partial charge is 0.272 e. The first-order valence-corrected chi connectivity index (χ1v) is 9.34. The fourth-order valence-electron chi connectivity index (χ4n) is 3.29. The Hall–Kier alpha value is -1.92. The zero-order valence-electron chi connectivity index (χ0n) is 15.8. The third-order valence-electron chi connectivity index (χ3n) is 4.98. The third kappa shape index (κ3) is 5.78. The average molecular weight is 395 g/mol. The lowest BCUT2D eigenvalue weighted by molar-refractivity contribution is 0.0919. The second-order valence-corrected chi connectivity index (χ2v) is 7.34. The Bertz CT molecular complexity index is 726. The molecule has 1 saturated heterocycles. The Morgan fingerprint density at radius 2 is 2.07 bits per heavy atom. The van der Waals surface area contributed by atoms with E-state index in [1.165, 1.54) is 12.1 Å². The van der Waals surface area contributed by atoms with E-state index in [4.69, 9.17) is 0 Å². The molecule has 2 unspecified atom stereocenters. The van der Waals surface area contributed by atoms with Crippen LogP contribution in [0.25, 0.3) is 0 Å². The Labute approximate surface area is 166 Å². The van der Waals surface area contributed by atoms with Gasteiger partial charge in [-0.05, 0) is 55.5 Å². The highest BCUT2D eigenvalue weighted by Gasteiger charge is 2.21. The van der Waals surface area contributed by atoms with E-state index in [0.29, 0.717) is 18.2 Å². The number of nitrogens with one attached hydrogen (secondary N) is 2. The molecule has 7 heteroatoms. The molecule has 2 atom stereocenters. The monoisotopic (exact) mass is 394 g/mol. The second-order valence-electron chi connectivity index (χ2n) is 7.34. The van der Waals surface area contributed by atoms with Crippen molar-refractivity contribution in [3.8, 4) is 0 Å². The van der Waals surface area contributed by atoms with Gasteiger partial charge < -0.3 is 10.6 Å². The van der Waals surface area contributed by atoms with Crippen LogP contribution < -0.4 is 10.6 Å². The molecule has 0 saturated carbocycles. The number of hydrogen-bond acceptors (Lipinski definition) is 3. The first-order valence-electron chi connectivity index (χ1n) is 9.34. The van der Waals surface area contributed by atoms with Gasteiger partial charge in [0.15, 0.2) is 0 Å². The van der Waals surface area contributed by atoms with Crippen LogP contribution in [0.5, 0.6) is 0 Å². The van der Waals surface area contributed by atoms with Crippen LogP contribution in [0, 0.1) is 11.7 Å². The van der Waals surface area contributed by atoms with Crippen molar-refractivity contribution in [3.05, 3.63) is 53.6 Å². The Morgan fingerprint density at radius 1 is 1.33 bits per heavy atom. The summed E-state index contributed by atoms with van der Waals surface area (Å²) in [5, 5.41) is 10.9. The van der Waals surface area contributed by atoms with Gasteiger partial charge in [-0.15, -0.1) is 12.4 Å². The van der Waals surface area contributed by atoms with Crippen LogP contribution in [0.15, 0.2) is 36.5 Å². The van der Waals surface area contributed by atoms with Gasteiger partial charge in [-0.3, -0.25) is 9.48 Å². The molecule has 148 valence electrons. The van der Waals surface area contributed by atoms with Crippen molar-refractivity contribution in [1.29, 1.82) is 0 Å². The maximum absolute atomic E-state index is 13.1. The van der Waals surface area contributed by atoms with Gasteiger partial charge >= 0.3 is 0 Å². The van der Waals surface area contributed by atoms with E-state index in [9.17, 15) is 9.18 Å². The van der Waals surface area contributed by atoms with Crippen LogP contribution in [0.2, 0.25) is 0 Å². The molecular weight excluding hydrogens is 367 g/mol. The number of nitrogens with zero attached hydrogens (tertiary/aromatic N) is 2. The summed E-state index contributed by atoms with van der Waals surface area (Å²) in [6.45, 7) is 6.08. The van der Waals surface area contributed by atoms with Crippen LogP contribution in [-0.2, 0) is 6.42 Å². The van der Waals surface area contributed by atoms with Gasteiger partial charge in [0.05, 0.1) is 6.04 Å². The maximum Gasteiger partial charge on any atom is 0.272 e. The van der Waals surface area contributed by atoms with Crippen molar-refractivity contribution < 1.29 is 9.18 Å². The van der Waals surface area contributed by atoms with Crippen molar-refractivity contribution in [2.45, 2.75) is 45.2 Å². The molecule has 3 rings (SSSR count). The predicted molar refractivity (Wildman–Crippen MR) is 107 cm³/mol. The number of halogens is 2. The molecule has 1 aliphatic heterocycles. The summed E-state index contributed by atoms with van der Waals surface area (Å²) in [7, 11) is 0. The van der Waals surface area contributed by atoms with E-state index in [1.807, 2.05) is 10.9 Å². The molecule has 2 heterocycles. The van der Waals surface area contributed by atoms with Crippen LogP contribution in [-0.4, -0.2) is 34.8 Å². The molecule has 0 bridgehead atoms. The number of amides is 1. The highest BCUT2D eigenvalue weighted by Crippen LogP contribution is 2.16. The summed E-state index contributed by atoms with van der Waals surface area (Å²) in [6, 6.07) is 8.49. The lowest BCUT2D eigenvalue weighted by atomic mass is 9.96. The number of carbonyl (C=O) groups is 1. The number of rotatable bonds is 6. The van der Waals surface area contributed by atoms with Gasteiger partial charge in [0.25, 0.3) is 5.91 Å². The maximum atomic E-state index is 13.1. The normalized spacial score (nSPS) is 18.0. The lowest BCUT2D eigenvalue weighted by Crippen LogP contribution is -2.40. The minimum atomic E-state index is -0.248. The Morgan fingerprint density at radius 3 is 2.70 bits per heavy atom. The van der Waals surface area contributed by atoms with E-state index in [2.05, 4.69) is 29.6 Å². The number of aromatic nitrogens is 2. The van der Waals surface area contributed by atoms with Gasteiger partial charge in [0.1, 0.15) is 11.5 Å². The summed E-state index contributed by atoms with van der Waals surface area (Å²) in [4.78, 5) is 12.6. The Balaban J connectivity index is 0.00000261. The summed E-state index contributed by atoms with van der Waals surface area (Å²) < 4.78 is 15.0. The molecule has 0 aliphatic carbocycles. The highest BCUT2D eigenvalue weighted by atomic mass is 35.5. The zero-order chi connectivity index (χ0) is 18.5. The van der Waals surface area contributed by atoms with Crippen LogP contribution in [0.3, 0.4) is 0 Å². The zero-order valence-corrected chi connectivity index (χ0v) is 16.6. The second kappa shape index (κ2) is 9.85.